The molecule has 0 radical (unpaired) electrons. The predicted molar refractivity (Wildman–Crippen MR) is 126 cm³/mol. The minimum absolute atomic E-state index is 0.106. The van der Waals surface area contributed by atoms with E-state index < -0.39 is 4.92 Å². The number of carbonyl (C=O) groups is 1. The zero-order chi connectivity index (χ0) is 23.9. The molecule has 9 nitrogen and oxygen atoms in total. The van der Waals surface area contributed by atoms with Crippen LogP contribution in [0.25, 0.3) is 10.9 Å². The first-order valence-corrected chi connectivity index (χ1v) is 11.0. The Balaban J connectivity index is 1.54. The van der Waals surface area contributed by atoms with Gasteiger partial charge < -0.3 is 4.90 Å². The van der Waals surface area contributed by atoms with Crippen molar-refractivity contribution in [2.75, 3.05) is 19.6 Å². The van der Waals surface area contributed by atoms with Crippen molar-refractivity contribution in [3.63, 3.8) is 0 Å². The molecule has 0 bridgehead atoms. The van der Waals surface area contributed by atoms with E-state index in [9.17, 15) is 19.7 Å². The van der Waals surface area contributed by atoms with Gasteiger partial charge in [0.25, 0.3) is 17.2 Å². The van der Waals surface area contributed by atoms with Gasteiger partial charge in [0.1, 0.15) is 5.82 Å². The number of amides is 1. The summed E-state index contributed by atoms with van der Waals surface area (Å²) in [6.07, 6.45) is 0. The summed E-state index contributed by atoms with van der Waals surface area (Å²) >= 11 is 6.04. The highest BCUT2D eigenvalue weighted by atomic mass is 35.5. The maximum atomic E-state index is 13.0. The standard InChI is InChI=1S/C23H24ClN5O4/c1-14-13-27(9-10-28(14)22(30)16-5-4-6-18(11-16)29(32)33)15(2)21-25-20-8-7-17(24)12-19(20)23(31)26(21)3/h4-8,11-12,14-15H,9-10,13H2,1-3H3. The van der Waals surface area contributed by atoms with Crippen LogP contribution in [-0.2, 0) is 7.05 Å². The third-order valence-corrected chi connectivity index (χ3v) is 6.45. The highest BCUT2D eigenvalue weighted by Crippen LogP contribution is 2.25. The largest absolute Gasteiger partial charge is 0.333 e. The molecule has 2 aromatic carbocycles. The molecule has 0 N–H and O–H groups in total. The van der Waals surface area contributed by atoms with Gasteiger partial charge >= 0.3 is 0 Å². The molecule has 1 amide bonds. The summed E-state index contributed by atoms with van der Waals surface area (Å²) in [5.41, 5.74) is 0.633. The van der Waals surface area contributed by atoms with E-state index in [4.69, 9.17) is 16.6 Å². The number of carbonyl (C=O) groups excluding carboxylic acids is 1. The normalized spacial score (nSPS) is 17.8. The molecule has 33 heavy (non-hydrogen) atoms. The lowest BCUT2D eigenvalue weighted by Gasteiger charge is -2.42. The van der Waals surface area contributed by atoms with Crippen LogP contribution in [0.5, 0.6) is 0 Å². The van der Waals surface area contributed by atoms with Crippen molar-refractivity contribution < 1.29 is 9.72 Å². The Bertz CT molecular complexity index is 1310. The summed E-state index contributed by atoms with van der Waals surface area (Å²) in [7, 11) is 1.70. The molecule has 2 heterocycles. The van der Waals surface area contributed by atoms with Crippen molar-refractivity contribution in [2.24, 2.45) is 7.05 Å². The van der Waals surface area contributed by atoms with E-state index in [2.05, 4.69) is 4.90 Å². The number of halogens is 1. The zero-order valence-electron chi connectivity index (χ0n) is 18.6. The minimum atomic E-state index is -0.505. The van der Waals surface area contributed by atoms with Gasteiger partial charge in [-0.1, -0.05) is 17.7 Å². The van der Waals surface area contributed by atoms with Gasteiger partial charge in [0.2, 0.25) is 0 Å². The second kappa shape index (κ2) is 8.92. The smallest absolute Gasteiger partial charge is 0.270 e. The number of nitro groups is 1. The van der Waals surface area contributed by atoms with Crippen LogP contribution in [0, 0.1) is 10.1 Å². The molecule has 10 heteroatoms. The molecule has 2 atom stereocenters. The van der Waals surface area contributed by atoms with Gasteiger partial charge in [-0.15, -0.1) is 0 Å². The number of hydrogen-bond acceptors (Lipinski definition) is 6. The fourth-order valence-electron chi connectivity index (χ4n) is 4.35. The third-order valence-electron chi connectivity index (χ3n) is 6.22. The summed E-state index contributed by atoms with van der Waals surface area (Å²) in [5.74, 6) is 0.409. The first kappa shape index (κ1) is 22.9. The first-order chi connectivity index (χ1) is 15.7. The quantitative estimate of drug-likeness (QED) is 0.428. The van der Waals surface area contributed by atoms with Crippen molar-refractivity contribution in [3.05, 3.63) is 79.3 Å². The fraction of sp³-hybridized carbons (Fsp3) is 0.348. The van der Waals surface area contributed by atoms with E-state index in [1.165, 1.54) is 18.2 Å². The van der Waals surface area contributed by atoms with E-state index in [1.54, 1.807) is 40.8 Å². The molecule has 1 saturated heterocycles. The molecule has 0 spiro atoms. The van der Waals surface area contributed by atoms with Crippen LogP contribution in [0.2, 0.25) is 5.02 Å². The molecule has 1 aliphatic rings. The van der Waals surface area contributed by atoms with Gasteiger partial charge in [-0.2, -0.15) is 0 Å². The van der Waals surface area contributed by atoms with Gasteiger partial charge in [-0.05, 0) is 38.1 Å². The Morgan fingerprint density at radius 2 is 2.00 bits per heavy atom. The minimum Gasteiger partial charge on any atom is -0.333 e. The van der Waals surface area contributed by atoms with Gasteiger partial charge in [0, 0.05) is 55.4 Å². The van der Waals surface area contributed by atoms with Gasteiger partial charge in [0.05, 0.1) is 21.9 Å². The number of aromatic nitrogens is 2. The number of nitro benzene ring substituents is 1. The van der Waals surface area contributed by atoms with E-state index in [1.807, 2.05) is 13.8 Å². The van der Waals surface area contributed by atoms with Crippen LogP contribution in [0.15, 0.2) is 47.3 Å². The second-order valence-corrected chi connectivity index (χ2v) is 8.76. The monoisotopic (exact) mass is 469 g/mol. The molecule has 3 aromatic rings. The zero-order valence-corrected chi connectivity index (χ0v) is 19.3. The topological polar surface area (TPSA) is 102 Å². The Morgan fingerprint density at radius 1 is 1.24 bits per heavy atom. The third kappa shape index (κ3) is 4.34. The molecule has 1 aromatic heterocycles. The van der Waals surface area contributed by atoms with Crippen LogP contribution in [-0.4, -0.2) is 55.9 Å². The number of fused-ring (bicyclic) bond motifs is 1. The summed E-state index contributed by atoms with van der Waals surface area (Å²) in [6, 6.07) is 10.6. The molecule has 1 aliphatic heterocycles. The average Bonchev–Trinajstić information content (AvgIpc) is 2.80. The van der Waals surface area contributed by atoms with Crippen LogP contribution in [0.4, 0.5) is 5.69 Å². The molecule has 0 saturated carbocycles. The molecular formula is C23H24ClN5O4. The molecule has 2 unspecified atom stereocenters. The summed E-state index contributed by atoms with van der Waals surface area (Å²) in [6.45, 7) is 5.57. The lowest BCUT2D eigenvalue weighted by molar-refractivity contribution is -0.384. The second-order valence-electron chi connectivity index (χ2n) is 8.32. The Labute approximate surface area is 195 Å². The van der Waals surface area contributed by atoms with Crippen LogP contribution in [0.3, 0.4) is 0 Å². The van der Waals surface area contributed by atoms with E-state index in [-0.39, 0.29) is 29.2 Å². The first-order valence-electron chi connectivity index (χ1n) is 10.6. The van der Waals surface area contributed by atoms with Crippen molar-refractivity contribution in [1.82, 2.24) is 19.4 Å². The lowest BCUT2D eigenvalue weighted by Crippen LogP contribution is -2.54. The van der Waals surface area contributed by atoms with Gasteiger partial charge in [-0.25, -0.2) is 4.98 Å². The average molecular weight is 470 g/mol. The number of hydrogen-bond donors (Lipinski definition) is 0. The maximum absolute atomic E-state index is 13.0. The van der Waals surface area contributed by atoms with Crippen molar-refractivity contribution in [1.29, 1.82) is 0 Å². The fourth-order valence-corrected chi connectivity index (χ4v) is 4.53. The molecule has 172 valence electrons. The highest BCUT2D eigenvalue weighted by Gasteiger charge is 2.32. The number of non-ortho nitro benzene ring substituents is 1. The maximum Gasteiger partial charge on any atom is 0.270 e. The molecule has 4 rings (SSSR count). The van der Waals surface area contributed by atoms with Gasteiger partial charge in [-0.3, -0.25) is 29.2 Å². The summed E-state index contributed by atoms with van der Waals surface area (Å²) in [5, 5.41) is 12.0. The van der Waals surface area contributed by atoms with Crippen LogP contribution >= 0.6 is 11.6 Å². The van der Waals surface area contributed by atoms with Gasteiger partial charge in [0.15, 0.2) is 0 Å². The predicted octanol–water partition coefficient (Wildman–Crippen LogP) is 3.40. The summed E-state index contributed by atoms with van der Waals surface area (Å²) in [4.78, 5) is 45.1. The van der Waals surface area contributed by atoms with Crippen molar-refractivity contribution in [2.45, 2.75) is 25.9 Å². The highest BCUT2D eigenvalue weighted by molar-refractivity contribution is 6.31. The van der Waals surface area contributed by atoms with Crippen LogP contribution in [0.1, 0.15) is 36.1 Å². The Hall–Kier alpha value is -3.30. The Kier molecular flexibility index (Phi) is 6.18. The van der Waals surface area contributed by atoms with E-state index >= 15 is 0 Å². The number of piperazine rings is 1. The van der Waals surface area contributed by atoms with Crippen molar-refractivity contribution in [3.8, 4) is 0 Å². The molecular weight excluding hydrogens is 446 g/mol. The lowest BCUT2D eigenvalue weighted by atomic mass is 10.1. The number of nitrogens with zero attached hydrogens (tertiary/aromatic N) is 5. The number of benzene rings is 2. The number of rotatable bonds is 4. The summed E-state index contributed by atoms with van der Waals surface area (Å²) < 4.78 is 1.55. The van der Waals surface area contributed by atoms with E-state index in [0.717, 1.165) is 0 Å². The van der Waals surface area contributed by atoms with E-state index in [0.29, 0.717) is 46.9 Å². The SMILES string of the molecule is CC(c1nc2ccc(Cl)cc2c(=O)n1C)N1CCN(C(=O)c2cccc([N+](=O)[O-])c2)C(C)C1. The van der Waals surface area contributed by atoms with Crippen LogP contribution < -0.4 is 5.56 Å². The Morgan fingerprint density at radius 3 is 2.70 bits per heavy atom. The molecule has 0 aliphatic carbocycles. The van der Waals surface area contributed by atoms with Crippen molar-refractivity contribution >= 4 is 34.1 Å². The molecule has 1 fully saturated rings.